The summed E-state index contributed by atoms with van der Waals surface area (Å²) in [7, 11) is 0.922. The van der Waals surface area contributed by atoms with Crippen molar-refractivity contribution in [2.45, 2.75) is 38.5 Å². The van der Waals surface area contributed by atoms with Gasteiger partial charge in [-0.05, 0) is 12.5 Å². The van der Waals surface area contributed by atoms with E-state index in [9.17, 15) is 0 Å². The summed E-state index contributed by atoms with van der Waals surface area (Å²) < 4.78 is 15.9. The summed E-state index contributed by atoms with van der Waals surface area (Å²) in [4.78, 5) is 0. The van der Waals surface area contributed by atoms with Crippen LogP contribution in [0.5, 0.6) is 0 Å². The zero-order chi connectivity index (χ0) is 11.0. The van der Waals surface area contributed by atoms with Crippen LogP contribution in [0.1, 0.15) is 26.7 Å². The molecule has 0 bridgehead atoms. The molecule has 0 fully saturated rings. The van der Waals surface area contributed by atoms with Gasteiger partial charge in [0.15, 0.2) is 5.73 Å². The van der Waals surface area contributed by atoms with Crippen LogP contribution in [0.15, 0.2) is 0 Å². The molecule has 0 aromatic carbocycles. The molecule has 1 unspecified atom stereocenters. The fourth-order valence-corrected chi connectivity index (χ4v) is 4.24. The van der Waals surface area contributed by atoms with E-state index >= 15 is 0 Å². The molecule has 0 aromatic heterocycles. The van der Waals surface area contributed by atoms with Crippen molar-refractivity contribution in [1.82, 2.24) is 0 Å². The third kappa shape index (κ3) is 2.98. The first kappa shape index (κ1) is 13.4. The molecule has 0 aromatic rings. The SMILES string of the molecule is CCCC(OC#N)[Si](CC)(OC)OC. The Balaban J connectivity index is 4.62. The van der Waals surface area contributed by atoms with Crippen LogP contribution >= 0.6 is 0 Å². The third-order valence-corrected chi connectivity index (χ3v) is 6.18. The van der Waals surface area contributed by atoms with Crippen molar-refractivity contribution >= 4 is 8.56 Å². The summed E-state index contributed by atoms with van der Waals surface area (Å²) in [5.41, 5.74) is -0.197. The fourth-order valence-electron chi connectivity index (χ4n) is 1.56. The molecule has 0 aliphatic heterocycles. The highest BCUT2D eigenvalue weighted by molar-refractivity contribution is 6.68. The molecule has 0 radical (unpaired) electrons. The predicted molar refractivity (Wildman–Crippen MR) is 55.6 cm³/mol. The minimum Gasteiger partial charge on any atom is -0.422 e. The molecular weight excluding hydrogens is 198 g/mol. The molecule has 0 amide bonds. The highest BCUT2D eigenvalue weighted by atomic mass is 28.4. The highest BCUT2D eigenvalue weighted by Crippen LogP contribution is 2.22. The van der Waals surface area contributed by atoms with Crippen molar-refractivity contribution in [3.05, 3.63) is 0 Å². The van der Waals surface area contributed by atoms with Crippen LogP contribution in [0, 0.1) is 11.5 Å². The van der Waals surface area contributed by atoms with Crippen molar-refractivity contribution in [3.8, 4) is 6.26 Å². The lowest BCUT2D eigenvalue weighted by atomic mass is 10.4. The smallest absolute Gasteiger partial charge is 0.380 e. The quantitative estimate of drug-likeness (QED) is 0.483. The molecule has 5 heteroatoms. The van der Waals surface area contributed by atoms with E-state index in [4.69, 9.17) is 18.9 Å². The van der Waals surface area contributed by atoms with E-state index in [2.05, 4.69) is 0 Å². The van der Waals surface area contributed by atoms with Gasteiger partial charge in [0.2, 0.25) is 0 Å². The van der Waals surface area contributed by atoms with Gasteiger partial charge in [0.1, 0.15) is 0 Å². The van der Waals surface area contributed by atoms with Crippen LogP contribution in [0.4, 0.5) is 0 Å². The van der Waals surface area contributed by atoms with Gasteiger partial charge in [0.05, 0.1) is 0 Å². The Morgan fingerprint density at radius 1 is 1.29 bits per heavy atom. The Hall–Kier alpha value is -0.573. The van der Waals surface area contributed by atoms with Gasteiger partial charge in [-0.15, -0.1) is 0 Å². The Morgan fingerprint density at radius 3 is 2.14 bits per heavy atom. The van der Waals surface area contributed by atoms with Crippen molar-refractivity contribution in [2.75, 3.05) is 14.2 Å². The summed E-state index contributed by atoms with van der Waals surface area (Å²) in [6.45, 7) is 4.05. The zero-order valence-electron chi connectivity index (χ0n) is 9.37. The average molecular weight is 217 g/mol. The third-order valence-electron chi connectivity index (χ3n) is 2.42. The molecule has 0 heterocycles. The molecule has 14 heavy (non-hydrogen) atoms. The number of nitrogens with zero attached hydrogens (tertiary/aromatic N) is 1. The van der Waals surface area contributed by atoms with Gasteiger partial charge in [0, 0.05) is 14.2 Å². The first-order valence-corrected chi connectivity index (χ1v) is 6.95. The highest BCUT2D eigenvalue weighted by Gasteiger charge is 2.44. The lowest BCUT2D eigenvalue weighted by Gasteiger charge is -2.31. The van der Waals surface area contributed by atoms with E-state index in [1.807, 2.05) is 13.8 Å². The molecule has 0 saturated carbocycles. The second kappa shape index (κ2) is 6.82. The van der Waals surface area contributed by atoms with E-state index in [1.165, 1.54) is 0 Å². The monoisotopic (exact) mass is 217 g/mol. The van der Waals surface area contributed by atoms with Gasteiger partial charge >= 0.3 is 8.56 Å². The minimum atomic E-state index is -2.33. The average Bonchev–Trinajstić information content (AvgIpc) is 2.22. The van der Waals surface area contributed by atoms with Gasteiger partial charge in [-0.2, -0.15) is 5.26 Å². The lowest BCUT2D eigenvalue weighted by Crippen LogP contribution is -2.52. The van der Waals surface area contributed by atoms with Crippen LogP contribution < -0.4 is 0 Å². The summed E-state index contributed by atoms with van der Waals surface area (Å²) in [5, 5.41) is 8.55. The van der Waals surface area contributed by atoms with Gasteiger partial charge in [-0.25, -0.2) is 0 Å². The summed E-state index contributed by atoms with van der Waals surface area (Å²) in [6, 6.07) is 0.784. The van der Waals surface area contributed by atoms with Crippen LogP contribution in [-0.2, 0) is 13.6 Å². The van der Waals surface area contributed by atoms with Gasteiger partial charge in [0.25, 0.3) is 6.26 Å². The lowest BCUT2D eigenvalue weighted by molar-refractivity contribution is 0.128. The van der Waals surface area contributed by atoms with E-state index in [1.54, 1.807) is 20.5 Å². The number of nitriles is 1. The molecule has 0 aliphatic carbocycles. The summed E-state index contributed by atoms with van der Waals surface area (Å²) >= 11 is 0. The Labute approximate surface area is 87.0 Å². The molecule has 1 atom stereocenters. The van der Waals surface area contributed by atoms with E-state index < -0.39 is 8.56 Å². The van der Waals surface area contributed by atoms with Crippen LogP contribution in [-0.4, -0.2) is 28.5 Å². The largest absolute Gasteiger partial charge is 0.422 e. The van der Waals surface area contributed by atoms with Crippen LogP contribution in [0.25, 0.3) is 0 Å². The van der Waals surface area contributed by atoms with Crippen molar-refractivity contribution in [1.29, 1.82) is 5.26 Å². The Kier molecular flexibility index (Phi) is 6.54. The number of rotatable bonds is 7. The molecule has 0 N–H and O–H groups in total. The molecular formula is C9H19NO3Si. The number of hydrogen-bond acceptors (Lipinski definition) is 4. The van der Waals surface area contributed by atoms with Crippen molar-refractivity contribution in [2.24, 2.45) is 0 Å². The maximum atomic E-state index is 8.55. The van der Waals surface area contributed by atoms with E-state index in [0.29, 0.717) is 0 Å². The normalized spacial score (nSPS) is 13.4. The molecule has 0 aliphatic rings. The minimum absolute atomic E-state index is 0.197. The van der Waals surface area contributed by atoms with Gasteiger partial charge in [-0.1, -0.05) is 20.3 Å². The molecule has 4 nitrogen and oxygen atoms in total. The number of hydrogen-bond donors (Lipinski definition) is 0. The second-order valence-electron chi connectivity index (χ2n) is 3.06. The van der Waals surface area contributed by atoms with Gasteiger partial charge in [-0.3, -0.25) is 0 Å². The zero-order valence-corrected chi connectivity index (χ0v) is 10.4. The van der Waals surface area contributed by atoms with Crippen molar-refractivity contribution < 1.29 is 13.6 Å². The van der Waals surface area contributed by atoms with E-state index in [0.717, 1.165) is 18.9 Å². The Bertz CT molecular complexity index is 181. The predicted octanol–water partition coefficient (Wildman–Crippen LogP) is 1.95. The van der Waals surface area contributed by atoms with E-state index in [-0.39, 0.29) is 5.73 Å². The first-order chi connectivity index (χ1) is 6.70. The molecule has 0 spiro atoms. The van der Waals surface area contributed by atoms with Crippen molar-refractivity contribution in [3.63, 3.8) is 0 Å². The van der Waals surface area contributed by atoms with Gasteiger partial charge < -0.3 is 13.6 Å². The fraction of sp³-hybridized carbons (Fsp3) is 0.889. The van der Waals surface area contributed by atoms with Crippen LogP contribution in [0.3, 0.4) is 0 Å². The Morgan fingerprint density at radius 2 is 1.86 bits per heavy atom. The summed E-state index contributed by atoms with van der Waals surface area (Å²) in [5.74, 6) is 0. The molecule has 0 saturated heterocycles. The standard InChI is InChI=1S/C9H19NO3Si/c1-5-7-9(13-8-10)14(6-2,11-3)12-4/h9H,5-7H2,1-4H3. The topological polar surface area (TPSA) is 51.5 Å². The summed E-state index contributed by atoms with van der Waals surface area (Å²) in [6.07, 6.45) is 3.49. The first-order valence-electron chi connectivity index (χ1n) is 4.85. The molecule has 0 rings (SSSR count). The number of ether oxygens (including phenoxy) is 1. The second-order valence-corrected chi connectivity index (χ2v) is 6.85. The maximum absolute atomic E-state index is 8.55. The maximum Gasteiger partial charge on any atom is 0.380 e. The molecule has 82 valence electrons. The van der Waals surface area contributed by atoms with Crippen LogP contribution in [0.2, 0.25) is 6.04 Å².